The number of halogens is 1. The Morgan fingerprint density at radius 2 is 1.50 bits per heavy atom. The van der Waals surface area contributed by atoms with E-state index in [9.17, 15) is 19.8 Å². The number of aromatic hydroxyl groups is 1. The quantitative estimate of drug-likeness (QED) is 0.322. The highest BCUT2D eigenvalue weighted by atomic mass is 79.9. The zero-order valence-electron chi connectivity index (χ0n) is 16.0. The number of phenols is 1. The number of Topliss-reactive ketones (excluding diaryl/α,β-unsaturated/α-hetero) is 1. The number of nitrogens with zero attached hydrogens (tertiary/aromatic N) is 1. The highest BCUT2D eigenvalue weighted by molar-refractivity contribution is 9.10. The number of benzene rings is 3. The first kappa shape index (κ1) is 19.9. The number of hydrogen-bond acceptors (Lipinski definition) is 4. The van der Waals surface area contributed by atoms with Crippen LogP contribution in [0.5, 0.6) is 5.75 Å². The molecular formula is C24H18BrNO4. The van der Waals surface area contributed by atoms with Crippen molar-refractivity contribution < 1.29 is 19.8 Å². The second kappa shape index (κ2) is 7.80. The van der Waals surface area contributed by atoms with Crippen molar-refractivity contribution in [1.29, 1.82) is 0 Å². The summed E-state index contributed by atoms with van der Waals surface area (Å²) in [6.07, 6.45) is 0. The van der Waals surface area contributed by atoms with Crippen LogP contribution in [0.2, 0.25) is 0 Å². The summed E-state index contributed by atoms with van der Waals surface area (Å²) < 4.78 is 0.828. The van der Waals surface area contributed by atoms with Gasteiger partial charge in [0.1, 0.15) is 11.5 Å². The van der Waals surface area contributed by atoms with Crippen molar-refractivity contribution in [2.75, 3.05) is 4.90 Å². The van der Waals surface area contributed by atoms with E-state index in [1.807, 2.05) is 19.1 Å². The van der Waals surface area contributed by atoms with Crippen LogP contribution in [0.4, 0.5) is 5.69 Å². The standard InChI is InChI=1S/C24H18BrNO4/c1-14-2-10-18(11-3-14)26-21(15-6-12-19(27)13-7-15)20(23(29)24(26)30)22(28)16-4-8-17(25)9-5-16/h2-13,21,27-28H,1H3/b22-20+. The van der Waals surface area contributed by atoms with Crippen LogP contribution in [0, 0.1) is 6.92 Å². The molecule has 3 aromatic rings. The second-order valence-electron chi connectivity index (χ2n) is 7.10. The third kappa shape index (κ3) is 3.50. The molecule has 0 radical (unpaired) electrons. The van der Waals surface area contributed by atoms with Crippen LogP contribution in [0.3, 0.4) is 0 Å². The number of phenolic OH excluding ortho intramolecular Hbond substituents is 1. The molecule has 150 valence electrons. The number of carbonyl (C=O) groups is 2. The predicted molar refractivity (Wildman–Crippen MR) is 118 cm³/mol. The minimum Gasteiger partial charge on any atom is -0.508 e. The largest absolute Gasteiger partial charge is 0.508 e. The Kier molecular flexibility index (Phi) is 5.18. The van der Waals surface area contributed by atoms with Gasteiger partial charge in [0, 0.05) is 15.7 Å². The molecule has 1 amide bonds. The van der Waals surface area contributed by atoms with Gasteiger partial charge in [0.15, 0.2) is 0 Å². The number of ketones is 1. The lowest BCUT2D eigenvalue weighted by Crippen LogP contribution is -2.29. The number of aliphatic hydroxyl groups is 1. The molecule has 6 heteroatoms. The number of aliphatic hydroxyl groups excluding tert-OH is 1. The van der Waals surface area contributed by atoms with Crippen LogP contribution in [0.15, 0.2) is 82.8 Å². The molecule has 1 unspecified atom stereocenters. The van der Waals surface area contributed by atoms with E-state index in [4.69, 9.17) is 0 Å². The average Bonchev–Trinajstić information content (AvgIpc) is 3.00. The fourth-order valence-electron chi connectivity index (χ4n) is 3.54. The Balaban J connectivity index is 1.93. The number of amides is 1. The molecule has 4 rings (SSSR count). The van der Waals surface area contributed by atoms with Gasteiger partial charge >= 0.3 is 0 Å². The zero-order chi connectivity index (χ0) is 21.4. The topological polar surface area (TPSA) is 77.8 Å². The molecule has 0 bridgehead atoms. The van der Waals surface area contributed by atoms with E-state index in [1.165, 1.54) is 17.0 Å². The monoisotopic (exact) mass is 463 g/mol. The number of hydrogen-bond donors (Lipinski definition) is 2. The second-order valence-corrected chi connectivity index (χ2v) is 8.02. The molecule has 1 aliphatic rings. The van der Waals surface area contributed by atoms with E-state index >= 15 is 0 Å². The maximum absolute atomic E-state index is 13.0. The molecule has 1 aliphatic heterocycles. The van der Waals surface area contributed by atoms with Gasteiger partial charge in [-0.1, -0.05) is 57.9 Å². The summed E-state index contributed by atoms with van der Waals surface area (Å²) in [6, 6.07) is 19.5. The van der Waals surface area contributed by atoms with Crippen LogP contribution in [-0.4, -0.2) is 21.9 Å². The molecule has 0 aromatic heterocycles. The summed E-state index contributed by atoms with van der Waals surface area (Å²) >= 11 is 3.35. The fourth-order valence-corrected chi connectivity index (χ4v) is 3.80. The third-order valence-corrected chi connectivity index (χ3v) is 5.61. The lowest BCUT2D eigenvalue weighted by Gasteiger charge is -2.25. The van der Waals surface area contributed by atoms with E-state index < -0.39 is 17.7 Å². The summed E-state index contributed by atoms with van der Waals surface area (Å²) in [6.45, 7) is 1.93. The number of anilines is 1. The van der Waals surface area contributed by atoms with Crippen LogP contribution < -0.4 is 4.90 Å². The van der Waals surface area contributed by atoms with E-state index in [1.54, 1.807) is 48.5 Å². The van der Waals surface area contributed by atoms with E-state index in [2.05, 4.69) is 15.9 Å². The highest BCUT2D eigenvalue weighted by Crippen LogP contribution is 2.42. The van der Waals surface area contributed by atoms with Crippen molar-refractivity contribution in [3.8, 4) is 5.75 Å². The van der Waals surface area contributed by atoms with Gasteiger partial charge in [-0.25, -0.2) is 0 Å². The maximum atomic E-state index is 13.0. The van der Waals surface area contributed by atoms with Crippen molar-refractivity contribution in [2.24, 2.45) is 0 Å². The van der Waals surface area contributed by atoms with Crippen LogP contribution in [-0.2, 0) is 9.59 Å². The van der Waals surface area contributed by atoms with Gasteiger partial charge in [-0.15, -0.1) is 0 Å². The SMILES string of the molecule is Cc1ccc(N2C(=O)C(=O)/C(=C(/O)c3ccc(Br)cc3)C2c2ccc(O)cc2)cc1. The van der Waals surface area contributed by atoms with Gasteiger partial charge in [0.2, 0.25) is 0 Å². The smallest absolute Gasteiger partial charge is 0.300 e. The Morgan fingerprint density at radius 1 is 0.900 bits per heavy atom. The van der Waals surface area contributed by atoms with Crippen LogP contribution in [0.1, 0.15) is 22.7 Å². The van der Waals surface area contributed by atoms with Crippen molar-refractivity contribution in [2.45, 2.75) is 13.0 Å². The first-order valence-electron chi connectivity index (χ1n) is 9.29. The Labute approximate surface area is 182 Å². The molecule has 0 spiro atoms. The first-order chi connectivity index (χ1) is 14.4. The first-order valence-corrected chi connectivity index (χ1v) is 10.1. The zero-order valence-corrected chi connectivity index (χ0v) is 17.6. The van der Waals surface area contributed by atoms with Crippen molar-refractivity contribution in [3.63, 3.8) is 0 Å². The molecule has 3 aromatic carbocycles. The normalized spacial score (nSPS) is 18.1. The minimum absolute atomic E-state index is 0.00795. The molecule has 30 heavy (non-hydrogen) atoms. The van der Waals surface area contributed by atoms with E-state index in [0.717, 1.165) is 10.0 Å². The molecule has 1 heterocycles. The Bertz CT molecular complexity index is 1150. The summed E-state index contributed by atoms with van der Waals surface area (Å²) in [7, 11) is 0. The molecule has 2 N–H and O–H groups in total. The lowest BCUT2D eigenvalue weighted by atomic mass is 9.95. The van der Waals surface area contributed by atoms with Crippen molar-refractivity contribution in [1.82, 2.24) is 0 Å². The van der Waals surface area contributed by atoms with Crippen LogP contribution in [0.25, 0.3) is 5.76 Å². The molecular weight excluding hydrogens is 446 g/mol. The van der Waals surface area contributed by atoms with Crippen molar-refractivity contribution in [3.05, 3.63) is 99.5 Å². The van der Waals surface area contributed by atoms with Gasteiger partial charge in [0.25, 0.3) is 11.7 Å². The van der Waals surface area contributed by atoms with Gasteiger partial charge in [-0.3, -0.25) is 14.5 Å². The summed E-state index contributed by atoms with van der Waals surface area (Å²) in [5.74, 6) is -1.64. The van der Waals surface area contributed by atoms with Gasteiger partial charge in [-0.05, 0) is 48.9 Å². The summed E-state index contributed by atoms with van der Waals surface area (Å²) in [4.78, 5) is 27.4. The van der Waals surface area contributed by atoms with Gasteiger partial charge in [0.05, 0.1) is 11.6 Å². The summed E-state index contributed by atoms with van der Waals surface area (Å²) in [5.41, 5.74) is 2.62. The lowest BCUT2D eigenvalue weighted by molar-refractivity contribution is -0.132. The fraction of sp³-hybridized carbons (Fsp3) is 0.0833. The number of carbonyl (C=O) groups excluding carboxylic acids is 2. The molecule has 1 fully saturated rings. The van der Waals surface area contributed by atoms with Crippen molar-refractivity contribution >= 4 is 39.1 Å². The predicted octanol–water partition coefficient (Wildman–Crippen LogP) is 5.09. The third-order valence-electron chi connectivity index (χ3n) is 5.08. The minimum atomic E-state index is -0.822. The Hall–Kier alpha value is -3.38. The number of aryl methyl sites for hydroxylation is 1. The van der Waals surface area contributed by atoms with E-state index in [0.29, 0.717) is 16.8 Å². The highest BCUT2D eigenvalue weighted by Gasteiger charge is 2.46. The van der Waals surface area contributed by atoms with Gasteiger partial charge < -0.3 is 10.2 Å². The molecule has 0 aliphatic carbocycles. The number of rotatable bonds is 3. The molecule has 5 nitrogen and oxygen atoms in total. The summed E-state index contributed by atoms with van der Waals surface area (Å²) in [5, 5.41) is 20.7. The Morgan fingerprint density at radius 3 is 2.10 bits per heavy atom. The van der Waals surface area contributed by atoms with Gasteiger partial charge in [-0.2, -0.15) is 0 Å². The molecule has 0 saturated carbocycles. The molecule has 1 atom stereocenters. The van der Waals surface area contributed by atoms with E-state index in [-0.39, 0.29) is 17.1 Å². The van der Waals surface area contributed by atoms with Crippen LogP contribution >= 0.6 is 15.9 Å². The molecule has 1 saturated heterocycles. The maximum Gasteiger partial charge on any atom is 0.300 e. The average molecular weight is 464 g/mol.